The first-order valence-corrected chi connectivity index (χ1v) is 6.76. The monoisotopic (exact) mass is 278 g/mol. The third-order valence-electron chi connectivity index (χ3n) is 2.66. The molecule has 0 atom stereocenters. The molecule has 1 aromatic rings. The molecule has 0 aromatic heterocycles. The van der Waals surface area contributed by atoms with Crippen LogP contribution in [0.5, 0.6) is 0 Å². The predicted molar refractivity (Wildman–Crippen MR) is 80.7 cm³/mol. The minimum Gasteiger partial charge on any atom is -0.397 e. The van der Waals surface area contributed by atoms with E-state index in [-0.39, 0.29) is 18.4 Å². The smallest absolute Gasteiger partial charge is 0.251 e. The van der Waals surface area contributed by atoms with Crippen LogP contribution in [0.3, 0.4) is 0 Å². The zero-order valence-corrected chi connectivity index (χ0v) is 12.0. The lowest BCUT2D eigenvalue weighted by Gasteiger charge is -2.11. The van der Waals surface area contributed by atoms with E-state index in [0.29, 0.717) is 30.0 Å². The maximum absolute atomic E-state index is 11.6. The maximum atomic E-state index is 11.6. The third-order valence-corrected chi connectivity index (χ3v) is 2.66. The molecule has 1 rings (SSSR count). The van der Waals surface area contributed by atoms with Crippen molar-refractivity contribution in [3.63, 3.8) is 0 Å². The van der Waals surface area contributed by atoms with Gasteiger partial charge in [-0.1, -0.05) is 6.92 Å². The van der Waals surface area contributed by atoms with Gasteiger partial charge >= 0.3 is 0 Å². The summed E-state index contributed by atoms with van der Waals surface area (Å²) in [5, 5.41) is 8.42. The highest BCUT2D eigenvalue weighted by molar-refractivity contribution is 5.96. The summed E-state index contributed by atoms with van der Waals surface area (Å²) in [4.78, 5) is 23.1. The molecule has 0 saturated carbocycles. The van der Waals surface area contributed by atoms with E-state index < -0.39 is 0 Å². The van der Waals surface area contributed by atoms with E-state index in [0.717, 1.165) is 6.42 Å². The van der Waals surface area contributed by atoms with Crippen molar-refractivity contribution in [2.45, 2.75) is 20.3 Å². The first kappa shape index (κ1) is 15.8. The number of amides is 2. The van der Waals surface area contributed by atoms with Crippen molar-refractivity contribution in [2.75, 3.05) is 30.7 Å². The minimum atomic E-state index is -0.161. The number of nitrogens with two attached hydrogens (primary N) is 1. The first-order chi connectivity index (χ1) is 9.58. The van der Waals surface area contributed by atoms with Gasteiger partial charge < -0.3 is 21.7 Å². The second kappa shape index (κ2) is 8.04. The summed E-state index contributed by atoms with van der Waals surface area (Å²) in [6.07, 6.45) is 0.898. The van der Waals surface area contributed by atoms with Crippen LogP contribution >= 0.6 is 0 Å². The number of carbonyl (C=O) groups excluding carboxylic acids is 2. The van der Waals surface area contributed by atoms with Gasteiger partial charge in [0.25, 0.3) is 5.91 Å². The molecule has 5 N–H and O–H groups in total. The molecule has 0 aliphatic rings. The molecule has 110 valence electrons. The van der Waals surface area contributed by atoms with Gasteiger partial charge in [-0.3, -0.25) is 9.59 Å². The summed E-state index contributed by atoms with van der Waals surface area (Å²) >= 11 is 0. The Bertz CT molecular complexity index is 474. The molecule has 0 aliphatic carbocycles. The topological polar surface area (TPSA) is 96.2 Å². The zero-order chi connectivity index (χ0) is 15.0. The zero-order valence-electron chi connectivity index (χ0n) is 12.0. The Kier molecular flexibility index (Phi) is 6.36. The molecule has 0 unspecified atom stereocenters. The number of carbonyl (C=O) groups is 2. The number of anilines is 2. The highest BCUT2D eigenvalue weighted by Gasteiger charge is 2.08. The summed E-state index contributed by atoms with van der Waals surface area (Å²) in [5.41, 5.74) is 7.46. The van der Waals surface area contributed by atoms with Crippen LogP contribution in [0.2, 0.25) is 0 Å². The van der Waals surface area contributed by atoms with Crippen LogP contribution in [-0.2, 0) is 4.79 Å². The van der Waals surface area contributed by atoms with E-state index in [9.17, 15) is 9.59 Å². The molecule has 0 radical (unpaired) electrons. The Labute approximate surface area is 119 Å². The van der Waals surface area contributed by atoms with Gasteiger partial charge in [0.2, 0.25) is 5.91 Å². The van der Waals surface area contributed by atoms with Gasteiger partial charge in [0.05, 0.1) is 17.9 Å². The van der Waals surface area contributed by atoms with E-state index >= 15 is 0 Å². The predicted octanol–water partition coefficient (Wildman–Crippen LogP) is 0.957. The Balaban J connectivity index is 2.60. The molecule has 6 nitrogen and oxygen atoms in total. The van der Waals surface area contributed by atoms with Crippen molar-refractivity contribution in [3.05, 3.63) is 23.8 Å². The Hall–Kier alpha value is -2.24. The first-order valence-electron chi connectivity index (χ1n) is 6.76. The van der Waals surface area contributed by atoms with Crippen LogP contribution in [0.4, 0.5) is 11.4 Å². The van der Waals surface area contributed by atoms with Crippen LogP contribution in [0.1, 0.15) is 30.6 Å². The fourth-order valence-electron chi connectivity index (χ4n) is 1.63. The lowest BCUT2D eigenvalue weighted by molar-refractivity contribution is -0.119. The molecule has 2 amide bonds. The molecule has 1 aromatic carbocycles. The summed E-state index contributed by atoms with van der Waals surface area (Å²) in [6, 6.07) is 4.97. The number of benzene rings is 1. The maximum Gasteiger partial charge on any atom is 0.251 e. The van der Waals surface area contributed by atoms with Crippen molar-refractivity contribution in [3.8, 4) is 0 Å². The van der Waals surface area contributed by atoms with Gasteiger partial charge in [0.15, 0.2) is 0 Å². The molecule has 20 heavy (non-hydrogen) atoms. The van der Waals surface area contributed by atoms with E-state index in [4.69, 9.17) is 5.73 Å². The minimum absolute atomic E-state index is 0.0842. The van der Waals surface area contributed by atoms with E-state index in [2.05, 4.69) is 16.0 Å². The Morgan fingerprint density at radius 2 is 1.95 bits per heavy atom. The number of nitrogens with one attached hydrogen (secondary N) is 3. The fourth-order valence-corrected chi connectivity index (χ4v) is 1.63. The molecule has 0 bridgehead atoms. The highest BCUT2D eigenvalue weighted by atomic mass is 16.2. The van der Waals surface area contributed by atoms with Crippen LogP contribution in [0.25, 0.3) is 0 Å². The molecule has 0 spiro atoms. The SMILES string of the molecule is CCCNC(=O)CNc1ccc(C(=O)NCC)cc1N. The van der Waals surface area contributed by atoms with Crippen LogP contribution in [0, 0.1) is 0 Å². The fraction of sp³-hybridized carbons (Fsp3) is 0.429. The van der Waals surface area contributed by atoms with Gasteiger partial charge in [-0.2, -0.15) is 0 Å². The lowest BCUT2D eigenvalue weighted by atomic mass is 10.1. The van der Waals surface area contributed by atoms with Gasteiger partial charge in [-0.15, -0.1) is 0 Å². The van der Waals surface area contributed by atoms with E-state index in [1.807, 2.05) is 13.8 Å². The quantitative estimate of drug-likeness (QED) is 0.558. The second-order valence-corrected chi connectivity index (χ2v) is 4.36. The van der Waals surface area contributed by atoms with Crippen LogP contribution in [0.15, 0.2) is 18.2 Å². The largest absolute Gasteiger partial charge is 0.397 e. The molecular formula is C14H22N4O2. The van der Waals surface area contributed by atoms with Crippen LogP contribution < -0.4 is 21.7 Å². The van der Waals surface area contributed by atoms with Crippen molar-refractivity contribution in [1.29, 1.82) is 0 Å². The van der Waals surface area contributed by atoms with Crippen molar-refractivity contribution in [1.82, 2.24) is 10.6 Å². The van der Waals surface area contributed by atoms with Crippen molar-refractivity contribution in [2.24, 2.45) is 0 Å². The average Bonchev–Trinajstić information content (AvgIpc) is 2.43. The second-order valence-electron chi connectivity index (χ2n) is 4.36. The molecule has 6 heteroatoms. The summed E-state index contributed by atoms with van der Waals surface area (Å²) < 4.78 is 0. The third kappa shape index (κ3) is 4.79. The normalized spacial score (nSPS) is 9.90. The standard InChI is InChI=1S/C14H22N4O2/c1-3-7-17-13(19)9-18-12-6-5-10(8-11(12)15)14(20)16-4-2/h5-6,8,18H,3-4,7,9,15H2,1-2H3,(H,16,20)(H,17,19). The number of nitrogen functional groups attached to an aromatic ring is 1. The lowest BCUT2D eigenvalue weighted by Crippen LogP contribution is -2.30. The highest BCUT2D eigenvalue weighted by Crippen LogP contribution is 2.19. The Morgan fingerprint density at radius 1 is 1.20 bits per heavy atom. The van der Waals surface area contributed by atoms with E-state index in [1.54, 1.807) is 18.2 Å². The number of hydrogen-bond acceptors (Lipinski definition) is 4. The summed E-state index contributed by atoms with van der Waals surface area (Å²) in [7, 11) is 0. The van der Waals surface area contributed by atoms with Gasteiger partial charge in [0.1, 0.15) is 0 Å². The van der Waals surface area contributed by atoms with Crippen molar-refractivity contribution >= 4 is 23.2 Å². The molecule has 0 aliphatic heterocycles. The molecule has 0 fully saturated rings. The van der Waals surface area contributed by atoms with Crippen molar-refractivity contribution < 1.29 is 9.59 Å². The summed E-state index contributed by atoms with van der Waals surface area (Å²) in [6.45, 7) is 5.23. The van der Waals surface area contributed by atoms with Crippen LogP contribution in [-0.4, -0.2) is 31.4 Å². The number of rotatable bonds is 7. The molecule has 0 heterocycles. The van der Waals surface area contributed by atoms with Gasteiger partial charge in [-0.05, 0) is 31.5 Å². The Morgan fingerprint density at radius 3 is 2.55 bits per heavy atom. The van der Waals surface area contributed by atoms with Gasteiger partial charge in [-0.25, -0.2) is 0 Å². The summed E-state index contributed by atoms with van der Waals surface area (Å²) in [5.74, 6) is -0.245. The molecular weight excluding hydrogens is 256 g/mol. The number of hydrogen-bond donors (Lipinski definition) is 4. The van der Waals surface area contributed by atoms with Gasteiger partial charge in [0, 0.05) is 18.7 Å². The average molecular weight is 278 g/mol. The molecule has 0 saturated heterocycles. The van der Waals surface area contributed by atoms with E-state index in [1.165, 1.54) is 0 Å².